The van der Waals surface area contributed by atoms with Gasteiger partial charge in [-0.25, -0.2) is 0 Å². The zero-order valence-corrected chi connectivity index (χ0v) is 13.1. The van der Waals surface area contributed by atoms with E-state index in [9.17, 15) is 9.59 Å². The number of nitrogens with zero attached hydrogens (tertiary/aromatic N) is 3. The van der Waals surface area contributed by atoms with E-state index in [2.05, 4.69) is 10.4 Å². The molecule has 1 aromatic heterocycles. The highest BCUT2D eigenvalue weighted by Crippen LogP contribution is 2.30. The molecule has 4 rings (SSSR count). The summed E-state index contributed by atoms with van der Waals surface area (Å²) in [6, 6.07) is 7.26. The number of carbonyl (C=O) groups excluding carboxylic acids is 2. The summed E-state index contributed by atoms with van der Waals surface area (Å²) in [4.78, 5) is 26.0. The van der Waals surface area contributed by atoms with Crippen LogP contribution in [0.15, 0.2) is 36.7 Å². The number of aromatic nitrogens is 2. The lowest BCUT2D eigenvalue weighted by Gasteiger charge is -2.33. The van der Waals surface area contributed by atoms with Gasteiger partial charge in [-0.2, -0.15) is 5.10 Å². The van der Waals surface area contributed by atoms with Crippen LogP contribution in [0.1, 0.15) is 29.2 Å². The van der Waals surface area contributed by atoms with Gasteiger partial charge in [-0.1, -0.05) is 0 Å². The largest absolute Gasteiger partial charge is 0.482 e. The Morgan fingerprint density at radius 2 is 2.29 bits per heavy atom. The summed E-state index contributed by atoms with van der Waals surface area (Å²) >= 11 is 0. The summed E-state index contributed by atoms with van der Waals surface area (Å²) in [5.74, 6) is 0.343. The summed E-state index contributed by atoms with van der Waals surface area (Å²) in [6.45, 7) is 1.37. The van der Waals surface area contributed by atoms with E-state index in [1.165, 1.54) is 0 Å². The Labute approximate surface area is 139 Å². The molecule has 1 fully saturated rings. The average molecular weight is 326 g/mol. The molecule has 0 radical (unpaired) electrons. The van der Waals surface area contributed by atoms with Gasteiger partial charge in [-0.15, -0.1) is 0 Å². The molecule has 7 nitrogen and oxygen atoms in total. The van der Waals surface area contributed by atoms with Crippen molar-refractivity contribution in [1.82, 2.24) is 14.7 Å². The van der Waals surface area contributed by atoms with Gasteiger partial charge in [0, 0.05) is 31.0 Å². The van der Waals surface area contributed by atoms with Gasteiger partial charge in [0.15, 0.2) is 6.61 Å². The molecule has 0 bridgehead atoms. The first-order valence-electron chi connectivity index (χ1n) is 8.06. The van der Waals surface area contributed by atoms with Crippen LogP contribution in [0, 0.1) is 0 Å². The lowest BCUT2D eigenvalue weighted by molar-refractivity contribution is -0.118. The van der Waals surface area contributed by atoms with Gasteiger partial charge < -0.3 is 15.0 Å². The predicted octanol–water partition coefficient (Wildman–Crippen LogP) is 1.69. The Balaban J connectivity index is 1.52. The van der Waals surface area contributed by atoms with E-state index < -0.39 is 0 Å². The second kappa shape index (κ2) is 5.99. The number of anilines is 1. The quantitative estimate of drug-likeness (QED) is 0.911. The normalized spacial score (nSPS) is 20.1. The number of nitrogens with one attached hydrogen (secondary N) is 1. The van der Waals surface area contributed by atoms with Gasteiger partial charge in [0.05, 0.1) is 11.7 Å². The van der Waals surface area contributed by atoms with E-state index in [4.69, 9.17) is 4.74 Å². The number of benzene rings is 1. The van der Waals surface area contributed by atoms with Crippen LogP contribution in [0.5, 0.6) is 5.75 Å². The highest BCUT2D eigenvalue weighted by Gasteiger charge is 2.27. The lowest BCUT2D eigenvalue weighted by atomic mass is 10.0. The van der Waals surface area contributed by atoms with Crippen LogP contribution in [-0.4, -0.2) is 46.2 Å². The van der Waals surface area contributed by atoms with Crippen molar-refractivity contribution in [3.8, 4) is 5.75 Å². The SMILES string of the molecule is O=C1COc2cc(C(=O)N3CCC[C@@H](n4cccn4)C3)ccc2N1. The molecule has 2 aromatic rings. The zero-order valence-electron chi connectivity index (χ0n) is 13.1. The monoisotopic (exact) mass is 326 g/mol. The van der Waals surface area contributed by atoms with E-state index in [1.54, 1.807) is 24.4 Å². The average Bonchev–Trinajstić information content (AvgIpc) is 3.15. The molecule has 2 aliphatic heterocycles. The fourth-order valence-corrected chi connectivity index (χ4v) is 3.24. The van der Waals surface area contributed by atoms with E-state index in [-0.39, 0.29) is 24.5 Å². The maximum absolute atomic E-state index is 12.8. The van der Waals surface area contributed by atoms with Crippen molar-refractivity contribution in [3.05, 3.63) is 42.2 Å². The molecule has 0 spiro atoms. The van der Waals surface area contributed by atoms with Crippen LogP contribution in [0.2, 0.25) is 0 Å². The van der Waals surface area contributed by atoms with Crippen LogP contribution in [-0.2, 0) is 4.79 Å². The minimum atomic E-state index is -0.181. The maximum atomic E-state index is 12.8. The van der Waals surface area contributed by atoms with Crippen LogP contribution in [0.4, 0.5) is 5.69 Å². The van der Waals surface area contributed by atoms with Crippen molar-refractivity contribution in [2.45, 2.75) is 18.9 Å². The fourth-order valence-electron chi connectivity index (χ4n) is 3.24. The van der Waals surface area contributed by atoms with Crippen molar-refractivity contribution in [2.24, 2.45) is 0 Å². The first-order valence-corrected chi connectivity index (χ1v) is 8.06. The fraction of sp³-hybridized carbons (Fsp3) is 0.353. The predicted molar refractivity (Wildman–Crippen MR) is 87.0 cm³/mol. The summed E-state index contributed by atoms with van der Waals surface area (Å²) in [7, 11) is 0. The van der Waals surface area contributed by atoms with E-state index in [0.717, 1.165) is 19.4 Å². The van der Waals surface area contributed by atoms with Crippen molar-refractivity contribution in [1.29, 1.82) is 0 Å². The zero-order chi connectivity index (χ0) is 16.5. The molecule has 2 amide bonds. The molecule has 0 unspecified atom stereocenters. The number of likely N-dealkylation sites (tertiary alicyclic amines) is 1. The molecule has 2 aliphatic rings. The Morgan fingerprint density at radius 3 is 3.12 bits per heavy atom. The van der Waals surface area contributed by atoms with Crippen LogP contribution in [0.3, 0.4) is 0 Å². The van der Waals surface area contributed by atoms with Gasteiger partial charge in [0.2, 0.25) is 0 Å². The highest BCUT2D eigenvalue weighted by atomic mass is 16.5. The number of rotatable bonds is 2. The van der Waals surface area contributed by atoms with E-state index in [1.807, 2.05) is 21.8 Å². The Kier molecular flexibility index (Phi) is 3.68. The minimum Gasteiger partial charge on any atom is -0.482 e. The van der Waals surface area contributed by atoms with Crippen LogP contribution in [0.25, 0.3) is 0 Å². The maximum Gasteiger partial charge on any atom is 0.262 e. The summed E-state index contributed by atoms with van der Waals surface area (Å²) in [5, 5.41) is 7.02. The molecular formula is C17H18N4O3. The van der Waals surface area contributed by atoms with E-state index >= 15 is 0 Å². The second-order valence-corrected chi connectivity index (χ2v) is 6.08. The third-order valence-electron chi connectivity index (χ3n) is 4.44. The molecule has 1 aromatic carbocycles. The molecular weight excluding hydrogens is 308 g/mol. The molecule has 0 saturated carbocycles. The smallest absolute Gasteiger partial charge is 0.262 e. The first-order chi connectivity index (χ1) is 11.7. The van der Waals surface area contributed by atoms with Crippen LogP contribution < -0.4 is 10.1 Å². The van der Waals surface area contributed by atoms with E-state index in [0.29, 0.717) is 23.5 Å². The van der Waals surface area contributed by atoms with Crippen molar-refractivity contribution < 1.29 is 14.3 Å². The molecule has 1 atom stereocenters. The molecule has 1 saturated heterocycles. The summed E-state index contributed by atoms with van der Waals surface area (Å²) in [6.07, 6.45) is 5.67. The number of ether oxygens (including phenoxy) is 1. The number of carbonyl (C=O) groups is 2. The van der Waals surface area contributed by atoms with Gasteiger partial charge in [-0.3, -0.25) is 14.3 Å². The van der Waals surface area contributed by atoms with Crippen molar-refractivity contribution >= 4 is 17.5 Å². The highest BCUT2D eigenvalue weighted by molar-refractivity contribution is 5.99. The lowest BCUT2D eigenvalue weighted by Crippen LogP contribution is -2.40. The summed E-state index contributed by atoms with van der Waals surface area (Å²) in [5.41, 5.74) is 1.18. The first kappa shape index (κ1) is 14.7. The molecule has 124 valence electrons. The van der Waals surface area contributed by atoms with Crippen molar-refractivity contribution in [3.63, 3.8) is 0 Å². The number of piperidine rings is 1. The molecule has 7 heteroatoms. The number of fused-ring (bicyclic) bond motifs is 1. The third-order valence-corrected chi connectivity index (χ3v) is 4.44. The number of amides is 2. The molecule has 0 aliphatic carbocycles. The third kappa shape index (κ3) is 2.73. The number of hydrogen-bond acceptors (Lipinski definition) is 4. The molecule has 24 heavy (non-hydrogen) atoms. The molecule has 3 heterocycles. The minimum absolute atomic E-state index is 0.0181. The van der Waals surface area contributed by atoms with Gasteiger partial charge in [-0.05, 0) is 37.1 Å². The van der Waals surface area contributed by atoms with Crippen LogP contribution >= 0.6 is 0 Å². The topological polar surface area (TPSA) is 76.5 Å². The standard InChI is InChI=1S/C17H18N4O3/c22-16-11-24-15-9-12(4-5-14(15)19-16)17(23)20-7-1-3-13(10-20)21-8-2-6-18-21/h2,4-6,8-9,13H,1,3,7,10-11H2,(H,19,22)/t13-/m1/s1. The number of hydrogen-bond donors (Lipinski definition) is 1. The molecule has 1 N–H and O–H groups in total. The Bertz CT molecular complexity index is 772. The van der Waals surface area contributed by atoms with Gasteiger partial charge in [0.1, 0.15) is 5.75 Å². The van der Waals surface area contributed by atoms with Gasteiger partial charge in [0.25, 0.3) is 11.8 Å². The summed E-state index contributed by atoms with van der Waals surface area (Å²) < 4.78 is 7.32. The van der Waals surface area contributed by atoms with Crippen molar-refractivity contribution in [2.75, 3.05) is 25.0 Å². The van der Waals surface area contributed by atoms with Gasteiger partial charge >= 0.3 is 0 Å². The second-order valence-electron chi connectivity index (χ2n) is 6.08. The Morgan fingerprint density at radius 1 is 1.38 bits per heavy atom. The Hall–Kier alpha value is -2.83.